The summed E-state index contributed by atoms with van der Waals surface area (Å²) in [5.74, 6) is 1.20. The predicted octanol–water partition coefficient (Wildman–Crippen LogP) is 2.79. The molecular weight excluding hydrogens is 332 g/mol. The minimum atomic E-state index is -0.599. The largest absolute Gasteiger partial charge is 0.493 e. The van der Waals surface area contributed by atoms with E-state index in [2.05, 4.69) is 16.7 Å². The zero-order valence-corrected chi connectivity index (χ0v) is 16.9. The molecule has 0 spiro atoms. The highest BCUT2D eigenvalue weighted by molar-refractivity contribution is 5.79. The highest BCUT2D eigenvalue weighted by Crippen LogP contribution is 2.41. The van der Waals surface area contributed by atoms with Crippen molar-refractivity contribution < 1.29 is 19.0 Å². The third kappa shape index (κ3) is 4.89. The van der Waals surface area contributed by atoms with Gasteiger partial charge in [-0.25, -0.2) is 0 Å². The molecule has 0 N–H and O–H groups in total. The molecule has 0 radical (unpaired) electrons. The summed E-state index contributed by atoms with van der Waals surface area (Å²) in [6, 6.07) is 3.82. The molecule has 1 aromatic rings. The highest BCUT2D eigenvalue weighted by Gasteiger charge is 2.28. The molecule has 0 atom stereocenters. The van der Waals surface area contributed by atoms with Gasteiger partial charge < -0.3 is 19.1 Å². The Morgan fingerprint density at radius 2 is 1.62 bits per heavy atom. The number of likely N-dealkylation sites (N-methyl/N-ethyl adjacent to an activating group) is 1. The van der Waals surface area contributed by atoms with Gasteiger partial charge in [0.15, 0.2) is 11.5 Å². The second kappa shape index (κ2) is 8.73. The Bertz CT molecular complexity index is 617. The van der Waals surface area contributed by atoms with E-state index in [0.717, 1.165) is 38.3 Å². The molecule has 6 heteroatoms. The van der Waals surface area contributed by atoms with Crippen LogP contribution in [-0.4, -0.2) is 62.7 Å². The van der Waals surface area contributed by atoms with Crippen LogP contribution < -0.4 is 14.2 Å². The first kappa shape index (κ1) is 20.5. The number of esters is 1. The molecule has 2 rings (SSSR count). The van der Waals surface area contributed by atoms with Crippen molar-refractivity contribution in [2.75, 3.05) is 46.9 Å². The Morgan fingerprint density at radius 1 is 1.00 bits per heavy atom. The zero-order valence-electron chi connectivity index (χ0n) is 16.9. The minimum Gasteiger partial charge on any atom is -0.493 e. The van der Waals surface area contributed by atoms with Gasteiger partial charge in [-0.1, -0.05) is 13.0 Å². The quantitative estimate of drug-likeness (QED) is 0.571. The fourth-order valence-corrected chi connectivity index (χ4v) is 2.93. The number of carbonyl (C=O) groups excluding carboxylic acids is 1. The van der Waals surface area contributed by atoms with E-state index in [1.165, 1.54) is 0 Å². The number of nitrogens with zero attached hydrogens (tertiary/aromatic N) is 2. The van der Waals surface area contributed by atoms with E-state index < -0.39 is 5.41 Å². The van der Waals surface area contributed by atoms with Crippen molar-refractivity contribution in [1.29, 1.82) is 0 Å². The van der Waals surface area contributed by atoms with Crippen LogP contribution in [0.1, 0.15) is 33.3 Å². The topological polar surface area (TPSA) is 51.2 Å². The van der Waals surface area contributed by atoms with Gasteiger partial charge in [0.1, 0.15) is 0 Å². The van der Waals surface area contributed by atoms with Crippen molar-refractivity contribution in [1.82, 2.24) is 9.80 Å². The monoisotopic (exact) mass is 364 g/mol. The number of carbonyl (C=O) groups is 1. The maximum atomic E-state index is 12.5. The lowest BCUT2D eigenvalue weighted by atomic mass is 9.97. The van der Waals surface area contributed by atoms with E-state index in [1.54, 1.807) is 14.2 Å². The van der Waals surface area contributed by atoms with Gasteiger partial charge in [-0.05, 0) is 33.4 Å². The van der Waals surface area contributed by atoms with Crippen LogP contribution >= 0.6 is 0 Å². The molecule has 1 aromatic carbocycles. The number of methoxy groups -OCH3 is 2. The predicted molar refractivity (Wildman–Crippen MR) is 102 cm³/mol. The minimum absolute atomic E-state index is 0.291. The summed E-state index contributed by atoms with van der Waals surface area (Å²) < 4.78 is 16.7. The fraction of sp³-hybridized carbons (Fsp3) is 0.650. The maximum Gasteiger partial charge on any atom is 0.316 e. The van der Waals surface area contributed by atoms with Gasteiger partial charge in [-0.2, -0.15) is 0 Å². The summed E-state index contributed by atoms with van der Waals surface area (Å²) >= 11 is 0. The van der Waals surface area contributed by atoms with Crippen LogP contribution in [-0.2, 0) is 11.3 Å². The number of benzene rings is 1. The summed E-state index contributed by atoms with van der Waals surface area (Å²) in [7, 11) is 3.15. The van der Waals surface area contributed by atoms with Crippen molar-refractivity contribution >= 4 is 5.97 Å². The van der Waals surface area contributed by atoms with E-state index in [9.17, 15) is 4.79 Å². The SMILES string of the molecule is CCN1CCN(Cc2ccc(OC)c(OC)c2OC(=O)C(C)(C)C)CC1. The Kier molecular flexibility index (Phi) is 6.89. The lowest BCUT2D eigenvalue weighted by molar-refractivity contribution is -0.143. The first-order valence-electron chi connectivity index (χ1n) is 9.21. The standard InChI is InChI=1S/C20H32N2O4/c1-7-21-10-12-22(13-11-21)14-15-8-9-16(24-5)18(25-6)17(15)26-19(23)20(2,3)4/h8-9H,7,10-14H2,1-6H3. The van der Waals surface area contributed by atoms with Crippen LogP contribution in [0.5, 0.6) is 17.2 Å². The Hall–Kier alpha value is -1.79. The second-order valence-corrected chi connectivity index (χ2v) is 7.64. The van der Waals surface area contributed by atoms with Crippen molar-refractivity contribution in [3.8, 4) is 17.2 Å². The molecule has 1 aliphatic rings. The van der Waals surface area contributed by atoms with Crippen LogP contribution in [0.3, 0.4) is 0 Å². The maximum absolute atomic E-state index is 12.5. The Morgan fingerprint density at radius 3 is 2.12 bits per heavy atom. The zero-order chi connectivity index (χ0) is 19.3. The van der Waals surface area contributed by atoms with Crippen LogP contribution in [0.2, 0.25) is 0 Å². The molecule has 0 amide bonds. The first-order chi connectivity index (χ1) is 12.3. The summed E-state index contributed by atoms with van der Waals surface area (Å²) in [6.07, 6.45) is 0. The third-order valence-corrected chi connectivity index (χ3v) is 4.69. The molecular formula is C20H32N2O4. The summed E-state index contributed by atoms with van der Waals surface area (Å²) in [6.45, 7) is 13.6. The summed E-state index contributed by atoms with van der Waals surface area (Å²) in [4.78, 5) is 17.3. The summed E-state index contributed by atoms with van der Waals surface area (Å²) in [5.41, 5.74) is 0.336. The lowest BCUT2D eigenvalue weighted by Crippen LogP contribution is -2.45. The molecule has 0 unspecified atom stereocenters. The lowest BCUT2D eigenvalue weighted by Gasteiger charge is -2.34. The van der Waals surface area contributed by atoms with Crippen LogP contribution in [0, 0.1) is 5.41 Å². The molecule has 0 saturated carbocycles. The van der Waals surface area contributed by atoms with Gasteiger partial charge >= 0.3 is 5.97 Å². The second-order valence-electron chi connectivity index (χ2n) is 7.64. The van der Waals surface area contributed by atoms with Gasteiger partial charge in [-0.3, -0.25) is 9.69 Å². The molecule has 0 aromatic heterocycles. The molecule has 0 aliphatic carbocycles. The van der Waals surface area contributed by atoms with Crippen LogP contribution in [0.25, 0.3) is 0 Å². The van der Waals surface area contributed by atoms with Crippen molar-refractivity contribution in [2.24, 2.45) is 5.41 Å². The van der Waals surface area contributed by atoms with E-state index >= 15 is 0 Å². The molecule has 146 valence electrons. The average Bonchev–Trinajstić information content (AvgIpc) is 2.62. The molecule has 1 aliphatic heterocycles. The van der Waals surface area contributed by atoms with Crippen LogP contribution in [0.4, 0.5) is 0 Å². The van der Waals surface area contributed by atoms with Gasteiger partial charge in [0.2, 0.25) is 5.75 Å². The van der Waals surface area contributed by atoms with Crippen molar-refractivity contribution in [3.63, 3.8) is 0 Å². The van der Waals surface area contributed by atoms with Gasteiger partial charge in [0.25, 0.3) is 0 Å². The Balaban J connectivity index is 2.28. The van der Waals surface area contributed by atoms with E-state index in [1.807, 2.05) is 32.9 Å². The fourth-order valence-electron chi connectivity index (χ4n) is 2.93. The van der Waals surface area contributed by atoms with Crippen molar-refractivity contribution in [2.45, 2.75) is 34.2 Å². The van der Waals surface area contributed by atoms with Crippen molar-refractivity contribution in [3.05, 3.63) is 17.7 Å². The van der Waals surface area contributed by atoms with E-state index in [-0.39, 0.29) is 5.97 Å². The molecule has 1 fully saturated rings. The highest BCUT2D eigenvalue weighted by atomic mass is 16.6. The average molecular weight is 364 g/mol. The van der Waals surface area contributed by atoms with E-state index in [4.69, 9.17) is 14.2 Å². The molecule has 6 nitrogen and oxygen atoms in total. The molecule has 0 bridgehead atoms. The Labute approximate surface area is 157 Å². The summed E-state index contributed by atoms with van der Waals surface area (Å²) in [5, 5.41) is 0. The first-order valence-corrected chi connectivity index (χ1v) is 9.21. The number of piperazine rings is 1. The number of hydrogen-bond donors (Lipinski definition) is 0. The van der Waals surface area contributed by atoms with Crippen LogP contribution in [0.15, 0.2) is 12.1 Å². The number of hydrogen-bond acceptors (Lipinski definition) is 6. The van der Waals surface area contributed by atoms with Gasteiger partial charge in [0, 0.05) is 38.3 Å². The number of ether oxygens (including phenoxy) is 3. The third-order valence-electron chi connectivity index (χ3n) is 4.69. The number of rotatable bonds is 6. The molecule has 1 heterocycles. The molecule has 1 saturated heterocycles. The normalized spacial score (nSPS) is 16.4. The van der Waals surface area contributed by atoms with E-state index in [0.29, 0.717) is 23.8 Å². The smallest absolute Gasteiger partial charge is 0.316 e. The molecule has 26 heavy (non-hydrogen) atoms. The van der Waals surface area contributed by atoms with Gasteiger partial charge in [0.05, 0.1) is 19.6 Å². The van der Waals surface area contributed by atoms with Gasteiger partial charge in [-0.15, -0.1) is 0 Å².